The Morgan fingerprint density at radius 2 is 1.85 bits per heavy atom. The van der Waals surface area contributed by atoms with Gasteiger partial charge in [-0.25, -0.2) is 0 Å². The normalized spacial score (nSPS) is 20.1. The van der Waals surface area contributed by atoms with Crippen molar-refractivity contribution in [2.24, 2.45) is 11.7 Å². The van der Waals surface area contributed by atoms with Crippen molar-refractivity contribution in [3.8, 4) is 0 Å². The number of aliphatic hydroxyl groups excluding tert-OH is 1. The van der Waals surface area contributed by atoms with Gasteiger partial charge in [0.25, 0.3) is 0 Å². The Bertz CT molecular complexity index is 472. The number of nitrogens with two attached hydrogens (primary N) is 1. The molecule has 1 saturated carbocycles. The molecular weight excluding hydrogens is 291 g/mol. The third-order valence-electron chi connectivity index (χ3n) is 3.94. The second-order valence-electron chi connectivity index (χ2n) is 5.27. The molecule has 1 aliphatic rings. The molecule has 1 aliphatic carbocycles. The van der Waals surface area contributed by atoms with E-state index in [1.807, 2.05) is 0 Å². The fourth-order valence-corrected chi connectivity index (χ4v) is 3.16. The highest BCUT2D eigenvalue weighted by atomic mass is 35.5. The molecule has 2 nitrogen and oxygen atoms in total. The Morgan fingerprint density at radius 1 is 1.25 bits per heavy atom. The summed E-state index contributed by atoms with van der Waals surface area (Å²) in [7, 11) is 0. The van der Waals surface area contributed by atoms with Crippen LogP contribution in [0.1, 0.15) is 42.9 Å². The van der Waals surface area contributed by atoms with Crippen LogP contribution in [-0.2, 0) is 6.18 Å². The molecule has 1 fully saturated rings. The van der Waals surface area contributed by atoms with Crippen molar-refractivity contribution in [3.05, 3.63) is 34.3 Å². The van der Waals surface area contributed by atoms with E-state index in [-0.39, 0.29) is 11.5 Å². The Hall–Kier alpha value is -0.780. The second kappa shape index (κ2) is 5.92. The average molecular weight is 308 g/mol. The minimum atomic E-state index is -4.52. The number of benzene rings is 1. The van der Waals surface area contributed by atoms with Crippen LogP contribution in [0.2, 0.25) is 5.02 Å². The minimum absolute atomic E-state index is 0.0376. The molecule has 1 aromatic rings. The van der Waals surface area contributed by atoms with Crippen LogP contribution in [0.25, 0.3) is 0 Å². The summed E-state index contributed by atoms with van der Waals surface area (Å²) in [6.45, 7) is 0. The van der Waals surface area contributed by atoms with E-state index in [0.717, 1.165) is 31.7 Å². The summed E-state index contributed by atoms with van der Waals surface area (Å²) in [5, 5.41) is 9.81. The summed E-state index contributed by atoms with van der Waals surface area (Å²) >= 11 is 5.83. The summed E-state index contributed by atoms with van der Waals surface area (Å²) in [6.07, 6.45) is -1.64. The van der Waals surface area contributed by atoms with Gasteiger partial charge in [0, 0.05) is 0 Å². The molecule has 0 aliphatic heterocycles. The zero-order chi connectivity index (χ0) is 14.9. The summed E-state index contributed by atoms with van der Waals surface area (Å²) < 4.78 is 38.4. The number of hydrogen-bond donors (Lipinski definition) is 2. The summed E-state index contributed by atoms with van der Waals surface area (Å²) in [6, 6.07) is 2.74. The summed E-state index contributed by atoms with van der Waals surface area (Å²) in [4.78, 5) is 0. The summed E-state index contributed by atoms with van der Waals surface area (Å²) in [5.74, 6) is 0.0376. The van der Waals surface area contributed by atoms with Crippen LogP contribution in [0.3, 0.4) is 0 Å². The van der Waals surface area contributed by atoms with Gasteiger partial charge in [-0.15, -0.1) is 0 Å². The minimum Gasteiger partial charge on any atom is -0.391 e. The highest BCUT2D eigenvalue weighted by Gasteiger charge is 2.36. The molecule has 0 amide bonds. The van der Waals surface area contributed by atoms with E-state index in [1.54, 1.807) is 0 Å². The molecule has 2 rings (SSSR count). The summed E-state index contributed by atoms with van der Waals surface area (Å²) in [5.41, 5.74) is 5.17. The van der Waals surface area contributed by atoms with Crippen LogP contribution in [0.15, 0.2) is 18.2 Å². The second-order valence-corrected chi connectivity index (χ2v) is 5.65. The van der Waals surface area contributed by atoms with Crippen LogP contribution in [0, 0.1) is 5.92 Å². The van der Waals surface area contributed by atoms with Gasteiger partial charge in [-0.05, 0) is 30.4 Å². The average Bonchev–Trinajstić information content (AvgIpc) is 2.89. The molecule has 0 bridgehead atoms. The number of aliphatic hydroxyl groups is 1. The van der Waals surface area contributed by atoms with E-state index in [1.165, 1.54) is 12.1 Å². The van der Waals surface area contributed by atoms with Crippen molar-refractivity contribution < 1.29 is 18.3 Å². The van der Waals surface area contributed by atoms with E-state index in [9.17, 15) is 18.3 Å². The first-order valence-electron chi connectivity index (χ1n) is 6.61. The number of alkyl halides is 3. The number of halogens is 4. The molecule has 0 aromatic heterocycles. The van der Waals surface area contributed by atoms with E-state index in [0.29, 0.717) is 0 Å². The predicted octanol–water partition coefficient (Wildman–Crippen LogP) is 3.91. The van der Waals surface area contributed by atoms with Crippen molar-refractivity contribution in [1.82, 2.24) is 0 Å². The molecule has 112 valence electrons. The lowest BCUT2D eigenvalue weighted by Gasteiger charge is -2.26. The molecule has 0 radical (unpaired) electrons. The first kappa shape index (κ1) is 15.6. The maximum atomic E-state index is 12.8. The van der Waals surface area contributed by atoms with E-state index in [4.69, 9.17) is 17.3 Å². The van der Waals surface area contributed by atoms with E-state index < -0.39 is 28.9 Å². The molecule has 6 heteroatoms. The van der Waals surface area contributed by atoms with Gasteiger partial charge in [0.1, 0.15) is 0 Å². The molecule has 0 spiro atoms. The van der Waals surface area contributed by atoms with Gasteiger partial charge in [0.2, 0.25) is 0 Å². The fraction of sp³-hybridized carbons (Fsp3) is 0.571. The molecule has 0 heterocycles. The van der Waals surface area contributed by atoms with Crippen LogP contribution < -0.4 is 5.73 Å². The lowest BCUT2D eigenvalue weighted by Crippen LogP contribution is -2.32. The van der Waals surface area contributed by atoms with E-state index in [2.05, 4.69) is 0 Å². The van der Waals surface area contributed by atoms with Gasteiger partial charge in [0.05, 0.1) is 22.7 Å². The largest absolute Gasteiger partial charge is 0.417 e. The highest BCUT2D eigenvalue weighted by molar-refractivity contribution is 6.32. The van der Waals surface area contributed by atoms with Crippen molar-refractivity contribution in [2.45, 2.75) is 44.0 Å². The first-order valence-corrected chi connectivity index (χ1v) is 6.99. The fourth-order valence-electron chi connectivity index (χ4n) is 2.80. The third-order valence-corrected chi connectivity index (χ3v) is 4.37. The SMILES string of the molecule is N[C@@H](c1cccc(C(F)(F)F)c1Cl)[C@H](O)C1CCCC1. The van der Waals surface area contributed by atoms with E-state index >= 15 is 0 Å². The lowest BCUT2D eigenvalue weighted by atomic mass is 9.90. The zero-order valence-corrected chi connectivity index (χ0v) is 11.6. The van der Waals surface area contributed by atoms with Crippen molar-refractivity contribution in [1.29, 1.82) is 0 Å². The Kier molecular flexibility index (Phi) is 4.62. The van der Waals surface area contributed by atoms with Crippen LogP contribution in [-0.4, -0.2) is 11.2 Å². The van der Waals surface area contributed by atoms with Crippen LogP contribution in [0.4, 0.5) is 13.2 Å². The molecule has 3 N–H and O–H groups in total. The smallest absolute Gasteiger partial charge is 0.391 e. The predicted molar refractivity (Wildman–Crippen MR) is 71.3 cm³/mol. The Labute approximate surface area is 120 Å². The van der Waals surface area contributed by atoms with Gasteiger partial charge in [-0.1, -0.05) is 36.6 Å². The lowest BCUT2D eigenvalue weighted by molar-refractivity contribution is -0.137. The van der Waals surface area contributed by atoms with Crippen LogP contribution >= 0.6 is 11.6 Å². The van der Waals surface area contributed by atoms with Crippen molar-refractivity contribution in [3.63, 3.8) is 0 Å². The highest BCUT2D eigenvalue weighted by Crippen LogP contribution is 2.40. The third kappa shape index (κ3) is 3.10. The number of hydrogen-bond acceptors (Lipinski definition) is 2. The molecule has 20 heavy (non-hydrogen) atoms. The maximum Gasteiger partial charge on any atom is 0.417 e. The molecule has 1 aromatic carbocycles. The monoisotopic (exact) mass is 307 g/mol. The quantitative estimate of drug-likeness (QED) is 0.889. The molecule has 0 saturated heterocycles. The Balaban J connectivity index is 2.28. The number of rotatable bonds is 3. The van der Waals surface area contributed by atoms with Crippen LogP contribution in [0.5, 0.6) is 0 Å². The zero-order valence-electron chi connectivity index (χ0n) is 10.8. The van der Waals surface area contributed by atoms with Crippen molar-refractivity contribution >= 4 is 11.6 Å². The first-order chi connectivity index (χ1) is 9.32. The standard InChI is InChI=1S/C14H17ClF3NO/c15-11-9(6-3-7-10(11)14(16,17)18)12(19)13(20)8-4-1-2-5-8/h3,6-8,12-13,20H,1-2,4-5,19H2/t12-,13+/m0/s1. The van der Waals surface area contributed by atoms with Gasteiger partial charge >= 0.3 is 6.18 Å². The molecular formula is C14H17ClF3NO. The van der Waals surface area contributed by atoms with Gasteiger partial charge in [0.15, 0.2) is 0 Å². The molecule has 0 unspecified atom stereocenters. The maximum absolute atomic E-state index is 12.8. The topological polar surface area (TPSA) is 46.2 Å². The van der Waals surface area contributed by atoms with Gasteiger partial charge < -0.3 is 10.8 Å². The molecule has 2 atom stereocenters. The van der Waals surface area contributed by atoms with Crippen molar-refractivity contribution in [2.75, 3.05) is 0 Å². The van der Waals surface area contributed by atoms with Gasteiger partial charge in [-0.2, -0.15) is 13.2 Å². The Morgan fingerprint density at radius 3 is 2.40 bits per heavy atom. The van der Waals surface area contributed by atoms with Gasteiger partial charge in [-0.3, -0.25) is 0 Å².